The van der Waals surface area contributed by atoms with E-state index in [0.29, 0.717) is 6.42 Å². The van der Waals surface area contributed by atoms with Gasteiger partial charge in [-0.3, -0.25) is 4.79 Å². The molecule has 0 fully saturated rings. The molecule has 1 aliphatic heterocycles. The Morgan fingerprint density at radius 3 is 2.71 bits per heavy atom. The molecule has 3 rings (SSSR count). The molecule has 0 aromatic heterocycles. The van der Waals surface area contributed by atoms with E-state index in [-0.39, 0.29) is 11.9 Å². The van der Waals surface area contributed by atoms with Crippen LogP contribution in [-0.2, 0) is 11.2 Å². The molecule has 126 valence electrons. The van der Waals surface area contributed by atoms with Gasteiger partial charge in [-0.05, 0) is 62.4 Å². The second-order valence-electron chi connectivity index (χ2n) is 6.60. The molecule has 2 aromatic carbocycles. The second kappa shape index (κ2) is 6.68. The normalized spacial score (nSPS) is 17.5. The molecule has 1 aliphatic rings. The van der Waals surface area contributed by atoms with E-state index in [9.17, 15) is 4.79 Å². The first-order chi connectivity index (χ1) is 11.5. The van der Waals surface area contributed by atoms with Crippen LogP contribution in [0.4, 0.5) is 5.69 Å². The van der Waals surface area contributed by atoms with E-state index >= 15 is 0 Å². The Labute approximate surface area is 144 Å². The summed E-state index contributed by atoms with van der Waals surface area (Å²) in [6.45, 7) is 8.20. The quantitative estimate of drug-likeness (QED) is 0.832. The standard InChI is InChI=1S/C21H25NO2/c1-5-19(24-20-12-8-9-14(2)16(20)4)21(23)22-15(3)13-17-10-6-7-11-18(17)22/h6-12,15,19H,5,13H2,1-4H3/t15-,19-/m1/s1. The van der Waals surface area contributed by atoms with Crippen LogP contribution in [-0.4, -0.2) is 18.1 Å². The lowest BCUT2D eigenvalue weighted by Gasteiger charge is -2.28. The highest BCUT2D eigenvalue weighted by Crippen LogP contribution is 2.33. The van der Waals surface area contributed by atoms with Crippen LogP contribution in [0.1, 0.15) is 37.0 Å². The average Bonchev–Trinajstić information content (AvgIpc) is 2.91. The van der Waals surface area contributed by atoms with Crippen LogP contribution in [0.3, 0.4) is 0 Å². The zero-order valence-corrected chi connectivity index (χ0v) is 14.9. The van der Waals surface area contributed by atoms with Crippen molar-refractivity contribution in [2.24, 2.45) is 0 Å². The molecule has 0 spiro atoms. The Kier molecular flexibility index (Phi) is 4.61. The van der Waals surface area contributed by atoms with Crippen molar-refractivity contribution in [3.8, 4) is 5.75 Å². The van der Waals surface area contributed by atoms with E-state index in [2.05, 4.69) is 26.0 Å². The molecule has 0 aliphatic carbocycles. The van der Waals surface area contributed by atoms with E-state index in [1.807, 2.05) is 49.1 Å². The van der Waals surface area contributed by atoms with Crippen molar-refractivity contribution in [2.45, 2.75) is 52.7 Å². The Hall–Kier alpha value is -2.29. The lowest BCUT2D eigenvalue weighted by atomic mass is 10.1. The van der Waals surface area contributed by atoms with Gasteiger partial charge in [-0.25, -0.2) is 0 Å². The maximum absolute atomic E-state index is 13.2. The van der Waals surface area contributed by atoms with Crippen LogP contribution in [0.15, 0.2) is 42.5 Å². The van der Waals surface area contributed by atoms with Crippen LogP contribution in [0, 0.1) is 13.8 Å². The summed E-state index contributed by atoms with van der Waals surface area (Å²) in [5.41, 5.74) is 4.53. The topological polar surface area (TPSA) is 29.5 Å². The van der Waals surface area contributed by atoms with Gasteiger partial charge in [0.15, 0.2) is 6.10 Å². The summed E-state index contributed by atoms with van der Waals surface area (Å²) in [4.78, 5) is 15.1. The molecule has 2 atom stereocenters. The van der Waals surface area contributed by atoms with Crippen molar-refractivity contribution in [3.05, 3.63) is 59.2 Å². The van der Waals surface area contributed by atoms with Gasteiger partial charge in [-0.2, -0.15) is 0 Å². The molecule has 1 heterocycles. The molecule has 0 saturated heterocycles. The van der Waals surface area contributed by atoms with Gasteiger partial charge >= 0.3 is 0 Å². The molecule has 3 nitrogen and oxygen atoms in total. The molecule has 0 unspecified atom stereocenters. The minimum absolute atomic E-state index is 0.0517. The van der Waals surface area contributed by atoms with Gasteiger partial charge in [0.2, 0.25) is 0 Å². The lowest BCUT2D eigenvalue weighted by molar-refractivity contribution is -0.125. The van der Waals surface area contributed by atoms with Crippen molar-refractivity contribution < 1.29 is 9.53 Å². The van der Waals surface area contributed by atoms with Gasteiger partial charge in [0, 0.05) is 11.7 Å². The van der Waals surface area contributed by atoms with Crippen LogP contribution in [0.25, 0.3) is 0 Å². The summed E-state index contributed by atoms with van der Waals surface area (Å²) in [7, 11) is 0. The van der Waals surface area contributed by atoms with E-state index < -0.39 is 6.10 Å². The molecule has 0 N–H and O–H groups in total. The number of carbonyl (C=O) groups is 1. The fourth-order valence-corrected chi connectivity index (χ4v) is 3.37. The largest absolute Gasteiger partial charge is 0.480 e. The Balaban J connectivity index is 1.86. The summed E-state index contributed by atoms with van der Waals surface area (Å²) >= 11 is 0. The van der Waals surface area contributed by atoms with E-state index in [4.69, 9.17) is 4.74 Å². The first-order valence-corrected chi connectivity index (χ1v) is 8.66. The zero-order valence-electron chi connectivity index (χ0n) is 14.9. The first-order valence-electron chi connectivity index (χ1n) is 8.66. The van der Waals surface area contributed by atoms with Crippen molar-refractivity contribution in [3.63, 3.8) is 0 Å². The first kappa shape index (κ1) is 16.6. The van der Waals surface area contributed by atoms with E-state index in [0.717, 1.165) is 23.4 Å². The van der Waals surface area contributed by atoms with E-state index in [1.54, 1.807) is 0 Å². The fraction of sp³-hybridized carbons (Fsp3) is 0.381. The fourth-order valence-electron chi connectivity index (χ4n) is 3.37. The molecule has 2 aromatic rings. The number of benzene rings is 2. The van der Waals surface area contributed by atoms with E-state index in [1.165, 1.54) is 11.1 Å². The number of anilines is 1. The summed E-state index contributed by atoms with van der Waals surface area (Å²) in [6.07, 6.45) is 1.10. The van der Waals surface area contributed by atoms with Gasteiger partial charge in [-0.1, -0.05) is 37.3 Å². The number of ether oxygens (including phenoxy) is 1. The van der Waals surface area contributed by atoms with Gasteiger partial charge in [0.1, 0.15) is 5.75 Å². The smallest absolute Gasteiger partial charge is 0.268 e. The summed E-state index contributed by atoms with van der Waals surface area (Å²) in [5, 5.41) is 0. The number of hydrogen-bond acceptors (Lipinski definition) is 2. The SMILES string of the molecule is CC[C@@H](Oc1cccc(C)c1C)C(=O)N1c2ccccc2C[C@H]1C. The highest BCUT2D eigenvalue weighted by atomic mass is 16.5. The minimum atomic E-state index is -0.459. The number of fused-ring (bicyclic) bond motifs is 1. The van der Waals surface area contributed by atoms with Gasteiger partial charge in [0.05, 0.1) is 0 Å². The van der Waals surface area contributed by atoms with Crippen LogP contribution in [0.5, 0.6) is 5.75 Å². The Bertz CT molecular complexity index is 753. The van der Waals surface area contributed by atoms with Crippen molar-refractivity contribution >= 4 is 11.6 Å². The second-order valence-corrected chi connectivity index (χ2v) is 6.60. The average molecular weight is 323 g/mol. The Morgan fingerprint density at radius 2 is 1.96 bits per heavy atom. The number of nitrogens with zero attached hydrogens (tertiary/aromatic N) is 1. The molecule has 3 heteroatoms. The van der Waals surface area contributed by atoms with Gasteiger partial charge in [0.25, 0.3) is 5.91 Å². The minimum Gasteiger partial charge on any atom is -0.480 e. The monoisotopic (exact) mass is 323 g/mol. The maximum atomic E-state index is 13.2. The van der Waals surface area contributed by atoms with Crippen molar-refractivity contribution in [2.75, 3.05) is 4.90 Å². The third-order valence-electron chi connectivity index (χ3n) is 4.92. The highest BCUT2D eigenvalue weighted by Gasteiger charge is 2.35. The predicted octanol–water partition coefficient (Wildman–Crippen LogP) is 4.44. The van der Waals surface area contributed by atoms with Crippen LogP contribution < -0.4 is 9.64 Å². The number of amides is 1. The maximum Gasteiger partial charge on any atom is 0.268 e. The number of carbonyl (C=O) groups excluding carboxylic acids is 1. The highest BCUT2D eigenvalue weighted by molar-refractivity contribution is 5.99. The molecule has 0 saturated carbocycles. The third-order valence-corrected chi connectivity index (χ3v) is 4.92. The number of para-hydroxylation sites is 1. The summed E-state index contributed by atoms with van der Waals surface area (Å²) in [6, 6.07) is 14.3. The molecule has 0 radical (unpaired) electrons. The molecule has 1 amide bonds. The molecule has 24 heavy (non-hydrogen) atoms. The zero-order chi connectivity index (χ0) is 17.3. The number of rotatable bonds is 4. The Morgan fingerprint density at radius 1 is 1.21 bits per heavy atom. The number of aryl methyl sites for hydroxylation is 1. The number of hydrogen-bond donors (Lipinski definition) is 0. The molecular formula is C21H25NO2. The van der Waals surface area contributed by atoms with Crippen LogP contribution in [0.2, 0.25) is 0 Å². The van der Waals surface area contributed by atoms with Crippen LogP contribution >= 0.6 is 0 Å². The molecule has 0 bridgehead atoms. The van der Waals surface area contributed by atoms with Gasteiger partial charge < -0.3 is 9.64 Å². The van der Waals surface area contributed by atoms with Crippen molar-refractivity contribution in [1.82, 2.24) is 0 Å². The molecular weight excluding hydrogens is 298 g/mol. The summed E-state index contributed by atoms with van der Waals surface area (Å²) < 4.78 is 6.12. The third kappa shape index (κ3) is 2.91. The predicted molar refractivity (Wildman–Crippen MR) is 97.7 cm³/mol. The summed E-state index contributed by atoms with van der Waals surface area (Å²) in [5.74, 6) is 0.853. The van der Waals surface area contributed by atoms with Crippen molar-refractivity contribution in [1.29, 1.82) is 0 Å². The van der Waals surface area contributed by atoms with Gasteiger partial charge in [-0.15, -0.1) is 0 Å². The lowest BCUT2D eigenvalue weighted by Crippen LogP contribution is -2.44.